The van der Waals surface area contributed by atoms with Crippen molar-refractivity contribution in [1.82, 2.24) is 20.6 Å². The van der Waals surface area contributed by atoms with Crippen LogP contribution in [-0.2, 0) is 16.0 Å². The first-order valence-electron chi connectivity index (χ1n) is 5.79. The summed E-state index contributed by atoms with van der Waals surface area (Å²) < 4.78 is 1.70. The molecule has 2 N–H and O–H groups in total. The number of nitrogens with zero attached hydrogens (tertiary/aromatic N) is 2. The molecular formula is C13H14N4O2. The van der Waals surface area contributed by atoms with Gasteiger partial charge in [-0.25, -0.2) is 4.68 Å². The van der Waals surface area contributed by atoms with Crippen molar-refractivity contribution >= 4 is 11.8 Å². The maximum absolute atomic E-state index is 11.5. The summed E-state index contributed by atoms with van der Waals surface area (Å²) in [5.74, 6) is -0.601. The molecule has 0 atom stereocenters. The lowest BCUT2D eigenvalue weighted by molar-refractivity contribution is -0.127. The first-order chi connectivity index (χ1) is 9.15. The summed E-state index contributed by atoms with van der Waals surface area (Å²) >= 11 is 0. The van der Waals surface area contributed by atoms with Crippen molar-refractivity contribution in [3.05, 3.63) is 48.3 Å². The molecule has 6 nitrogen and oxygen atoms in total. The minimum absolute atomic E-state index is 0.160. The fourth-order valence-corrected chi connectivity index (χ4v) is 1.56. The average Bonchev–Trinajstić information content (AvgIpc) is 2.86. The van der Waals surface area contributed by atoms with Crippen molar-refractivity contribution < 1.29 is 9.59 Å². The number of rotatable bonds is 3. The van der Waals surface area contributed by atoms with Gasteiger partial charge in [-0.3, -0.25) is 20.4 Å². The fourth-order valence-electron chi connectivity index (χ4n) is 1.56. The zero-order valence-corrected chi connectivity index (χ0v) is 10.5. The minimum atomic E-state index is -0.312. The highest BCUT2D eigenvalue weighted by atomic mass is 16.2. The Hall–Kier alpha value is -2.63. The van der Waals surface area contributed by atoms with Gasteiger partial charge in [-0.1, -0.05) is 18.2 Å². The molecule has 2 aromatic rings. The molecule has 0 saturated heterocycles. The lowest BCUT2D eigenvalue weighted by Crippen LogP contribution is -2.41. The van der Waals surface area contributed by atoms with Crippen LogP contribution in [0.1, 0.15) is 12.5 Å². The van der Waals surface area contributed by atoms with Gasteiger partial charge in [0.25, 0.3) is 0 Å². The van der Waals surface area contributed by atoms with Crippen LogP contribution in [0.2, 0.25) is 0 Å². The number of nitrogens with one attached hydrogen (secondary N) is 2. The predicted molar refractivity (Wildman–Crippen MR) is 69.2 cm³/mol. The van der Waals surface area contributed by atoms with Crippen LogP contribution in [0.4, 0.5) is 0 Å². The maximum Gasteiger partial charge on any atom is 0.242 e. The van der Waals surface area contributed by atoms with Crippen LogP contribution >= 0.6 is 0 Å². The molecule has 0 fully saturated rings. The van der Waals surface area contributed by atoms with Gasteiger partial charge in [-0.2, -0.15) is 5.10 Å². The number of hydrogen-bond donors (Lipinski definition) is 2. The van der Waals surface area contributed by atoms with Crippen LogP contribution in [0, 0.1) is 0 Å². The molecule has 2 rings (SSSR count). The number of hydrogen-bond acceptors (Lipinski definition) is 3. The van der Waals surface area contributed by atoms with Crippen LogP contribution in [0.15, 0.2) is 42.7 Å². The fraction of sp³-hybridized carbons (Fsp3) is 0.154. The van der Waals surface area contributed by atoms with Gasteiger partial charge in [-0.05, 0) is 17.7 Å². The standard InChI is InChI=1S/C13H14N4O2/c1-10(18)15-16-13(19)7-11-8-14-17(9-11)12-5-3-2-4-6-12/h2-6,8-9H,7H2,1H3,(H,15,18)(H,16,19). The number of benzene rings is 1. The Morgan fingerprint density at radius 2 is 1.95 bits per heavy atom. The summed E-state index contributed by atoms with van der Waals surface area (Å²) in [6.07, 6.45) is 3.57. The Balaban J connectivity index is 1.98. The summed E-state index contributed by atoms with van der Waals surface area (Å²) in [7, 11) is 0. The van der Waals surface area contributed by atoms with Gasteiger partial charge in [0, 0.05) is 13.1 Å². The highest BCUT2D eigenvalue weighted by Crippen LogP contribution is 2.07. The van der Waals surface area contributed by atoms with Crippen molar-refractivity contribution in [2.24, 2.45) is 0 Å². The van der Waals surface area contributed by atoms with Gasteiger partial charge in [0.15, 0.2) is 0 Å². The number of aromatic nitrogens is 2. The second-order valence-corrected chi connectivity index (χ2v) is 4.03. The van der Waals surface area contributed by atoms with E-state index >= 15 is 0 Å². The second-order valence-electron chi connectivity index (χ2n) is 4.03. The van der Waals surface area contributed by atoms with E-state index in [-0.39, 0.29) is 18.2 Å². The number of para-hydroxylation sites is 1. The summed E-state index contributed by atoms with van der Waals surface area (Å²) in [5, 5.41) is 4.18. The van der Waals surface area contributed by atoms with Gasteiger partial charge >= 0.3 is 0 Å². The van der Waals surface area contributed by atoms with E-state index in [1.165, 1.54) is 6.92 Å². The molecule has 0 spiro atoms. The van der Waals surface area contributed by atoms with Gasteiger partial charge in [0.05, 0.1) is 18.3 Å². The van der Waals surface area contributed by atoms with Crippen molar-refractivity contribution in [3.8, 4) is 5.69 Å². The zero-order chi connectivity index (χ0) is 13.7. The number of hydrazine groups is 1. The Morgan fingerprint density at radius 3 is 2.63 bits per heavy atom. The first kappa shape index (κ1) is 12.8. The van der Waals surface area contributed by atoms with E-state index in [1.54, 1.807) is 17.1 Å². The largest absolute Gasteiger partial charge is 0.274 e. The van der Waals surface area contributed by atoms with E-state index in [4.69, 9.17) is 0 Å². The van der Waals surface area contributed by atoms with Gasteiger partial charge < -0.3 is 0 Å². The smallest absolute Gasteiger partial charge is 0.242 e. The molecule has 0 saturated carbocycles. The monoisotopic (exact) mass is 258 g/mol. The summed E-state index contributed by atoms with van der Waals surface area (Å²) in [6, 6.07) is 9.61. The topological polar surface area (TPSA) is 76.0 Å². The molecule has 1 aromatic heterocycles. The minimum Gasteiger partial charge on any atom is -0.274 e. The van der Waals surface area contributed by atoms with Gasteiger partial charge in [-0.15, -0.1) is 0 Å². The SMILES string of the molecule is CC(=O)NNC(=O)Cc1cnn(-c2ccccc2)c1. The van der Waals surface area contributed by atoms with E-state index in [0.717, 1.165) is 11.3 Å². The molecule has 1 aromatic carbocycles. The highest BCUT2D eigenvalue weighted by molar-refractivity contribution is 5.82. The maximum atomic E-state index is 11.5. The summed E-state index contributed by atoms with van der Waals surface area (Å²) in [4.78, 5) is 22.1. The Labute approximate surface area is 110 Å². The molecule has 0 aliphatic rings. The number of amides is 2. The normalized spacial score (nSPS) is 9.95. The van der Waals surface area contributed by atoms with E-state index in [1.807, 2.05) is 30.3 Å². The third kappa shape index (κ3) is 3.67. The van der Waals surface area contributed by atoms with E-state index in [9.17, 15) is 9.59 Å². The zero-order valence-electron chi connectivity index (χ0n) is 10.5. The molecule has 98 valence electrons. The van der Waals surface area contributed by atoms with E-state index in [0.29, 0.717) is 0 Å². The Bertz CT molecular complexity index is 577. The molecule has 1 heterocycles. The van der Waals surface area contributed by atoms with Crippen LogP contribution < -0.4 is 10.9 Å². The lowest BCUT2D eigenvalue weighted by Gasteiger charge is -2.03. The summed E-state index contributed by atoms with van der Waals surface area (Å²) in [6.45, 7) is 1.33. The number of carbonyl (C=O) groups excluding carboxylic acids is 2. The van der Waals surface area contributed by atoms with E-state index < -0.39 is 0 Å². The predicted octanol–water partition coefficient (Wildman–Crippen LogP) is 0.582. The van der Waals surface area contributed by atoms with E-state index in [2.05, 4.69) is 16.0 Å². The van der Waals surface area contributed by atoms with Gasteiger partial charge in [0.2, 0.25) is 11.8 Å². The molecule has 0 radical (unpaired) electrons. The molecule has 6 heteroatoms. The van der Waals surface area contributed by atoms with Crippen molar-refractivity contribution in [2.45, 2.75) is 13.3 Å². The van der Waals surface area contributed by atoms with Crippen molar-refractivity contribution in [3.63, 3.8) is 0 Å². The van der Waals surface area contributed by atoms with Gasteiger partial charge in [0.1, 0.15) is 0 Å². The molecule has 0 unspecified atom stereocenters. The van der Waals surface area contributed by atoms with Crippen molar-refractivity contribution in [2.75, 3.05) is 0 Å². The van der Waals surface area contributed by atoms with Crippen LogP contribution in [0.3, 0.4) is 0 Å². The molecule has 0 aliphatic heterocycles. The number of carbonyl (C=O) groups is 2. The second kappa shape index (κ2) is 5.81. The van der Waals surface area contributed by atoms with Crippen LogP contribution in [-0.4, -0.2) is 21.6 Å². The third-order valence-electron chi connectivity index (χ3n) is 2.40. The van der Waals surface area contributed by atoms with Crippen molar-refractivity contribution in [1.29, 1.82) is 0 Å². The Morgan fingerprint density at radius 1 is 1.21 bits per heavy atom. The lowest BCUT2D eigenvalue weighted by atomic mass is 10.2. The Kier molecular flexibility index (Phi) is 3.92. The molecular weight excluding hydrogens is 244 g/mol. The quantitative estimate of drug-likeness (QED) is 0.791. The average molecular weight is 258 g/mol. The van der Waals surface area contributed by atoms with Crippen LogP contribution in [0.5, 0.6) is 0 Å². The summed E-state index contributed by atoms with van der Waals surface area (Å²) in [5.41, 5.74) is 6.24. The first-order valence-corrected chi connectivity index (χ1v) is 5.79. The molecule has 0 bridgehead atoms. The molecule has 2 amide bonds. The highest BCUT2D eigenvalue weighted by Gasteiger charge is 2.06. The molecule has 19 heavy (non-hydrogen) atoms. The third-order valence-corrected chi connectivity index (χ3v) is 2.40. The van der Waals surface area contributed by atoms with Crippen LogP contribution in [0.25, 0.3) is 5.69 Å². The molecule has 0 aliphatic carbocycles.